The molecule has 2 N–H and O–H groups in total. The second-order valence-electron chi connectivity index (χ2n) is 7.99. The lowest BCUT2D eigenvalue weighted by atomic mass is 10.1. The minimum Gasteiger partial charge on any atom is -0.468 e. The van der Waals surface area contributed by atoms with Gasteiger partial charge in [0.1, 0.15) is 5.76 Å². The van der Waals surface area contributed by atoms with Crippen molar-refractivity contribution < 1.29 is 4.42 Å². The molecule has 0 aromatic carbocycles. The molecule has 6 nitrogen and oxygen atoms in total. The van der Waals surface area contributed by atoms with Gasteiger partial charge in [-0.2, -0.15) is 0 Å². The summed E-state index contributed by atoms with van der Waals surface area (Å²) in [5.74, 6) is 2.70. The summed E-state index contributed by atoms with van der Waals surface area (Å²) in [5, 5.41) is 7.07. The zero-order valence-electron chi connectivity index (χ0n) is 16.4. The van der Waals surface area contributed by atoms with Crippen LogP contribution in [0.3, 0.4) is 0 Å². The van der Waals surface area contributed by atoms with Gasteiger partial charge in [0.25, 0.3) is 0 Å². The monoisotopic (exact) mass is 487 g/mol. The predicted octanol–water partition coefficient (Wildman–Crippen LogP) is 2.68. The van der Waals surface area contributed by atoms with Crippen LogP contribution in [0.15, 0.2) is 27.8 Å². The third-order valence-corrected chi connectivity index (χ3v) is 6.08. The second-order valence-corrected chi connectivity index (χ2v) is 7.99. The van der Waals surface area contributed by atoms with Gasteiger partial charge in [0, 0.05) is 32.7 Å². The van der Waals surface area contributed by atoms with E-state index in [1.54, 1.807) is 6.26 Å². The molecular formula is C20H34IN5O. The highest BCUT2D eigenvalue weighted by Gasteiger charge is 2.34. The Balaban J connectivity index is 0.00000210. The summed E-state index contributed by atoms with van der Waals surface area (Å²) in [4.78, 5) is 9.61. The van der Waals surface area contributed by atoms with Crippen molar-refractivity contribution in [3.05, 3.63) is 24.2 Å². The molecule has 1 aliphatic carbocycles. The van der Waals surface area contributed by atoms with Gasteiger partial charge in [0.05, 0.1) is 12.3 Å². The minimum atomic E-state index is 0. The van der Waals surface area contributed by atoms with Crippen molar-refractivity contribution in [1.29, 1.82) is 0 Å². The van der Waals surface area contributed by atoms with Crippen LogP contribution in [0.25, 0.3) is 0 Å². The molecule has 3 fully saturated rings. The van der Waals surface area contributed by atoms with E-state index in [1.807, 2.05) is 13.1 Å². The summed E-state index contributed by atoms with van der Waals surface area (Å²) in [7, 11) is 1.86. The number of hydrogen-bond donors (Lipinski definition) is 2. The Labute approximate surface area is 180 Å². The zero-order valence-corrected chi connectivity index (χ0v) is 18.7. The molecule has 1 saturated carbocycles. The Kier molecular flexibility index (Phi) is 7.84. The van der Waals surface area contributed by atoms with E-state index in [9.17, 15) is 0 Å². The quantitative estimate of drug-likeness (QED) is 0.352. The van der Waals surface area contributed by atoms with Crippen LogP contribution >= 0.6 is 24.0 Å². The predicted molar refractivity (Wildman–Crippen MR) is 120 cm³/mol. The maximum absolute atomic E-state index is 5.71. The Morgan fingerprint density at radius 2 is 2.04 bits per heavy atom. The minimum absolute atomic E-state index is 0. The summed E-state index contributed by atoms with van der Waals surface area (Å²) in [6.45, 7) is 6.66. The highest BCUT2D eigenvalue weighted by atomic mass is 127. The number of rotatable bonds is 7. The Hall–Kier alpha value is -0.800. The van der Waals surface area contributed by atoms with Crippen molar-refractivity contribution in [3.63, 3.8) is 0 Å². The molecule has 2 aliphatic heterocycles. The molecule has 0 amide bonds. The van der Waals surface area contributed by atoms with Gasteiger partial charge in [-0.15, -0.1) is 24.0 Å². The first kappa shape index (κ1) is 20.9. The summed E-state index contributed by atoms with van der Waals surface area (Å²) in [6.07, 6.45) is 8.47. The maximum atomic E-state index is 5.71. The molecule has 0 spiro atoms. The molecule has 3 heterocycles. The largest absolute Gasteiger partial charge is 0.468 e. The summed E-state index contributed by atoms with van der Waals surface area (Å²) in [6, 6.07) is 5.25. The molecule has 0 radical (unpaired) electrons. The van der Waals surface area contributed by atoms with Crippen LogP contribution in [0.4, 0.5) is 0 Å². The molecule has 4 rings (SSSR count). The van der Waals surface area contributed by atoms with E-state index >= 15 is 0 Å². The van der Waals surface area contributed by atoms with Crippen LogP contribution in [-0.4, -0.2) is 68.1 Å². The molecule has 1 aromatic heterocycles. The smallest absolute Gasteiger partial charge is 0.191 e. The van der Waals surface area contributed by atoms with Crippen molar-refractivity contribution in [1.82, 2.24) is 20.4 Å². The number of aliphatic imine (C=N–C) groups is 1. The fraction of sp³-hybridized carbons (Fsp3) is 0.750. The lowest BCUT2D eigenvalue weighted by molar-refractivity contribution is 0.215. The Morgan fingerprint density at radius 3 is 2.70 bits per heavy atom. The van der Waals surface area contributed by atoms with E-state index in [1.165, 1.54) is 45.2 Å². The van der Waals surface area contributed by atoms with Gasteiger partial charge in [0.2, 0.25) is 0 Å². The van der Waals surface area contributed by atoms with Crippen LogP contribution < -0.4 is 10.6 Å². The van der Waals surface area contributed by atoms with Gasteiger partial charge in [-0.05, 0) is 69.8 Å². The molecule has 1 aromatic rings. The average Bonchev–Trinajstić information content (AvgIpc) is 3.12. The van der Waals surface area contributed by atoms with E-state index in [0.717, 1.165) is 49.9 Å². The Morgan fingerprint density at radius 1 is 1.22 bits per heavy atom. The van der Waals surface area contributed by atoms with Crippen molar-refractivity contribution in [2.45, 2.75) is 44.2 Å². The highest BCUT2D eigenvalue weighted by molar-refractivity contribution is 14.0. The second kappa shape index (κ2) is 10.1. The van der Waals surface area contributed by atoms with Gasteiger partial charge in [-0.3, -0.25) is 9.89 Å². The SMILES string of the molecule is CN=C(NCC1CCN(C2CC2)C1)NCC(c1ccco1)N1CCCC1.I. The molecule has 152 valence electrons. The lowest BCUT2D eigenvalue weighted by Gasteiger charge is -2.27. The van der Waals surface area contributed by atoms with E-state index in [2.05, 4.69) is 31.5 Å². The number of likely N-dealkylation sites (tertiary alicyclic amines) is 2. The number of nitrogens with one attached hydrogen (secondary N) is 2. The summed E-state index contributed by atoms with van der Waals surface area (Å²) < 4.78 is 5.71. The molecule has 0 bridgehead atoms. The molecule has 3 aliphatic rings. The number of guanidine groups is 1. The van der Waals surface area contributed by atoms with E-state index in [4.69, 9.17) is 4.42 Å². The first-order valence-corrected chi connectivity index (χ1v) is 10.3. The van der Waals surface area contributed by atoms with Crippen LogP contribution in [0.5, 0.6) is 0 Å². The highest BCUT2D eigenvalue weighted by Crippen LogP contribution is 2.31. The van der Waals surface area contributed by atoms with Crippen molar-refractivity contribution in [2.24, 2.45) is 10.9 Å². The van der Waals surface area contributed by atoms with Gasteiger partial charge in [-0.25, -0.2) is 0 Å². The third kappa shape index (κ3) is 5.60. The molecule has 2 atom stereocenters. The fourth-order valence-electron chi connectivity index (χ4n) is 4.40. The first-order valence-electron chi connectivity index (χ1n) is 10.3. The third-order valence-electron chi connectivity index (χ3n) is 6.08. The lowest BCUT2D eigenvalue weighted by Crippen LogP contribution is -2.44. The molecule has 27 heavy (non-hydrogen) atoms. The van der Waals surface area contributed by atoms with E-state index < -0.39 is 0 Å². The fourth-order valence-corrected chi connectivity index (χ4v) is 4.40. The van der Waals surface area contributed by atoms with Crippen LogP contribution in [0, 0.1) is 5.92 Å². The van der Waals surface area contributed by atoms with Crippen LogP contribution in [-0.2, 0) is 0 Å². The maximum Gasteiger partial charge on any atom is 0.191 e. The average molecular weight is 487 g/mol. The number of nitrogens with zero attached hydrogens (tertiary/aromatic N) is 3. The molecule has 2 unspecified atom stereocenters. The standard InChI is InChI=1S/C20H33N5O.HI/c1-21-20(22-13-16-8-11-25(15-16)17-6-7-17)23-14-18(19-5-4-12-26-19)24-9-2-3-10-24;/h4-5,12,16-18H,2-3,6-11,13-15H2,1H3,(H2,21,22,23);1H. The van der Waals surface area contributed by atoms with Gasteiger partial charge in [0.15, 0.2) is 5.96 Å². The summed E-state index contributed by atoms with van der Waals surface area (Å²) in [5.41, 5.74) is 0. The van der Waals surface area contributed by atoms with E-state index in [-0.39, 0.29) is 30.0 Å². The number of furan rings is 1. The van der Waals surface area contributed by atoms with Gasteiger partial charge >= 0.3 is 0 Å². The number of hydrogen-bond acceptors (Lipinski definition) is 4. The number of halogens is 1. The van der Waals surface area contributed by atoms with Crippen molar-refractivity contribution in [2.75, 3.05) is 46.3 Å². The normalized spacial score (nSPS) is 25.4. The van der Waals surface area contributed by atoms with Crippen LogP contribution in [0.1, 0.15) is 43.9 Å². The van der Waals surface area contributed by atoms with E-state index in [0.29, 0.717) is 0 Å². The first-order chi connectivity index (χ1) is 12.8. The Bertz CT molecular complexity index is 583. The molecule has 7 heteroatoms. The van der Waals surface area contributed by atoms with Crippen molar-refractivity contribution >= 4 is 29.9 Å². The van der Waals surface area contributed by atoms with Crippen molar-refractivity contribution in [3.8, 4) is 0 Å². The molecule has 2 saturated heterocycles. The zero-order chi connectivity index (χ0) is 17.8. The van der Waals surface area contributed by atoms with Crippen LogP contribution in [0.2, 0.25) is 0 Å². The molecular weight excluding hydrogens is 453 g/mol. The summed E-state index contributed by atoms with van der Waals surface area (Å²) >= 11 is 0. The topological polar surface area (TPSA) is 56.0 Å². The van der Waals surface area contributed by atoms with Gasteiger partial charge in [-0.1, -0.05) is 0 Å². The van der Waals surface area contributed by atoms with Gasteiger partial charge < -0.3 is 20.0 Å².